The van der Waals surface area contributed by atoms with Gasteiger partial charge in [-0.05, 0) is 43.1 Å². The van der Waals surface area contributed by atoms with Gasteiger partial charge in [-0.15, -0.1) is 0 Å². The Hall–Kier alpha value is -1.69. The molecule has 0 aromatic heterocycles. The maximum absolute atomic E-state index is 12.5. The van der Waals surface area contributed by atoms with Gasteiger partial charge in [0, 0.05) is 44.0 Å². The fourth-order valence-electron chi connectivity index (χ4n) is 3.42. The van der Waals surface area contributed by atoms with Crippen LogP contribution in [0.1, 0.15) is 31.2 Å². The van der Waals surface area contributed by atoms with Crippen LogP contribution in [0.3, 0.4) is 0 Å². The van der Waals surface area contributed by atoms with Crippen LogP contribution in [-0.4, -0.2) is 49.6 Å². The summed E-state index contributed by atoms with van der Waals surface area (Å²) in [5.74, 6) is 3.49. The number of hydrogen-bond donors (Lipinski definition) is 2. The monoisotopic (exact) mass is 360 g/mol. The average molecular weight is 361 g/mol. The lowest BCUT2D eigenvalue weighted by Crippen LogP contribution is -2.45. The fraction of sp³-hybridized carbons (Fsp3) is 0.579. The summed E-state index contributed by atoms with van der Waals surface area (Å²) in [7, 11) is 1.80. The molecule has 1 unspecified atom stereocenters. The lowest BCUT2D eigenvalue weighted by atomic mass is 10.2. The minimum Gasteiger partial charge on any atom is -0.356 e. The van der Waals surface area contributed by atoms with E-state index < -0.39 is 0 Å². The Morgan fingerprint density at radius 3 is 3.08 bits per heavy atom. The van der Waals surface area contributed by atoms with Crippen molar-refractivity contribution in [3.63, 3.8) is 0 Å². The molecule has 136 valence electrons. The molecule has 0 spiro atoms. The summed E-state index contributed by atoms with van der Waals surface area (Å²) in [6.07, 6.45) is 4.83. The number of nitrogens with one attached hydrogen (secondary N) is 2. The Morgan fingerprint density at radius 1 is 1.40 bits per heavy atom. The molecule has 1 aromatic rings. The van der Waals surface area contributed by atoms with E-state index in [-0.39, 0.29) is 5.91 Å². The van der Waals surface area contributed by atoms with Crippen molar-refractivity contribution in [2.24, 2.45) is 4.99 Å². The first-order valence-corrected chi connectivity index (χ1v) is 10.4. The Morgan fingerprint density at radius 2 is 2.28 bits per heavy atom. The minimum atomic E-state index is 0.221. The van der Waals surface area contributed by atoms with Crippen LogP contribution in [-0.2, 0) is 11.2 Å². The molecule has 2 aliphatic heterocycles. The van der Waals surface area contributed by atoms with Crippen molar-refractivity contribution in [2.45, 2.75) is 38.1 Å². The molecule has 25 heavy (non-hydrogen) atoms. The molecule has 2 aliphatic rings. The maximum Gasteiger partial charge on any atom is 0.227 e. The van der Waals surface area contributed by atoms with Gasteiger partial charge in [-0.1, -0.05) is 18.2 Å². The number of nitrogens with zero attached hydrogens (tertiary/aromatic N) is 2. The molecular formula is C19H28N4OS. The first-order chi connectivity index (χ1) is 12.3. The van der Waals surface area contributed by atoms with Crippen molar-refractivity contribution in [3.05, 3.63) is 29.8 Å². The number of hydrogen-bond acceptors (Lipinski definition) is 3. The van der Waals surface area contributed by atoms with Gasteiger partial charge in [-0.3, -0.25) is 9.79 Å². The number of carbonyl (C=O) groups is 1. The van der Waals surface area contributed by atoms with Crippen LogP contribution in [0, 0.1) is 0 Å². The highest BCUT2D eigenvalue weighted by molar-refractivity contribution is 7.99. The molecule has 0 radical (unpaired) electrons. The predicted octanol–water partition coefficient (Wildman–Crippen LogP) is 2.42. The molecule has 1 amide bonds. The van der Waals surface area contributed by atoms with Gasteiger partial charge in [-0.25, -0.2) is 0 Å². The van der Waals surface area contributed by atoms with Crippen LogP contribution in [0.25, 0.3) is 0 Å². The third kappa shape index (κ3) is 4.91. The molecule has 0 saturated carbocycles. The highest BCUT2D eigenvalue weighted by Gasteiger charge is 2.23. The van der Waals surface area contributed by atoms with E-state index in [1.165, 1.54) is 24.2 Å². The number of fused-ring (bicyclic) bond motifs is 1. The van der Waals surface area contributed by atoms with Gasteiger partial charge >= 0.3 is 0 Å². The number of rotatable bonds is 5. The summed E-state index contributed by atoms with van der Waals surface area (Å²) in [5.41, 5.74) is 2.37. The van der Waals surface area contributed by atoms with Crippen molar-refractivity contribution in [3.8, 4) is 0 Å². The zero-order valence-electron chi connectivity index (χ0n) is 15.0. The summed E-state index contributed by atoms with van der Waals surface area (Å²) in [5, 5.41) is 6.83. The average Bonchev–Trinajstić information content (AvgIpc) is 3.09. The normalized spacial score (nSPS) is 20.3. The number of anilines is 1. The molecule has 6 heteroatoms. The molecule has 5 nitrogen and oxygen atoms in total. The zero-order chi connectivity index (χ0) is 17.5. The number of carbonyl (C=O) groups excluding carboxylic acids is 1. The molecule has 2 N–H and O–H groups in total. The van der Waals surface area contributed by atoms with Crippen LogP contribution in [0.5, 0.6) is 0 Å². The molecular weight excluding hydrogens is 332 g/mol. The number of para-hydroxylation sites is 1. The summed E-state index contributed by atoms with van der Waals surface area (Å²) < 4.78 is 0. The van der Waals surface area contributed by atoms with Crippen LogP contribution in [0.15, 0.2) is 29.3 Å². The second-order valence-electron chi connectivity index (χ2n) is 6.59. The Bertz CT molecular complexity index is 613. The number of guanidine groups is 1. The predicted molar refractivity (Wildman–Crippen MR) is 107 cm³/mol. The molecule has 1 saturated heterocycles. The number of amides is 1. The van der Waals surface area contributed by atoms with Gasteiger partial charge in [-0.2, -0.15) is 11.8 Å². The van der Waals surface area contributed by atoms with Gasteiger partial charge in [0.1, 0.15) is 0 Å². The molecule has 3 rings (SSSR count). The topological polar surface area (TPSA) is 56.7 Å². The first-order valence-electron chi connectivity index (χ1n) is 9.21. The van der Waals surface area contributed by atoms with E-state index in [4.69, 9.17) is 0 Å². The molecule has 1 atom stereocenters. The number of thioether (sulfide) groups is 1. The third-order valence-corrected chi connectivity index (χ3v) is 5.99. The van der Waals surface area contributed by atoms with Gasteiger partial charge in [0.05, 0.1) is 0 Å². The summed E-state index contributed by atoms with van der Waals surface area (Å²) in [4.78, 5) is 18.7. The Kier molecular flexibility index (Phi) is 6.62. The van der Waals surface area contributed by atoms with Crippen molar-refractivity contribution in [2.75, 3.05) is 36.5 Å². The smallest absolute Gasteiger partial charge is 0.227 e. The van der Waals surface area contributed by atoms with Gasteiger partial charge in [0.2, 0.25) is 5.91 Å². The van der Waals surface area contributed by atoms with Crippen LogP contribution >= 0.6 is 11.8 Å². The highest BCUT2D eigenvalue weighted by atomic mass is 32.2. The summed E-state index contributed by atoms with van der Waals surface area (Å²) >= 11 is 2.00. The first kappa shape index (κ1) is 18.1. The minimum absolute atomic E-state index is 0.221. The Balaban J connectivity index is 1.38. The summed E-state index contributed by atoms with van der Waals surface area (Å²) in [6.45, 7) is 1.58. The third-order valence-electron chi connectivity index (χ3n) is 4.77. The van der Waals surface area contributed by atoms with E-state index in [2.05, 4.69) is 21.7 Å². The fourth-order valence-corrected chi connectivity index (χ4v) is 4.49. The lowest BCUT2D eigenvalue weighted by molar-refractivity contribution is -0.118. The molecule has 1 fully saturated rings. The van der Waals surface area contributed by atoms with E-state index in [0.717, 1.165) is 43.3 Å². The highest BCUT2D eigenvalue weighted by Crippen LogP contribution is 2.27. The quantitative estimate of drug-likeness (QED) is 0.481. The maximum atomic E-state index is 12.5. The molecule has 2 heterocycles. The van der Waals surface area contributed by atoms with Crippen LogP contribution in [0.4, 0.5) is 5.69 Å². The standard InChI is InChI=1S/C19H28N4OS/c1-20-19(22-16-7-5-13-25-14-16)21-11-4-9-18(24)23-12-10-15-6-2-3-8-17(15)23/h2-3,6,8,16H,4-5,7,9-14H2,1H3,(H2,20,21,22). The van der Waals surface area contributed by atoms with Gasteiger partial charge in [0.25, 0.3) is 0 Å². The van der Waals surface area contributed by atoms with E-state index in [9.17, 15) is 4.79 Å². The van der Waals surface area contributed by atoms with Gasteiger partial charge < -0.3 is 15.5 Å². The van der Waals surface area contributed by atoms with Gasteiger partial charge in [0.15, 0.2) is 5.96 Å². The molecule has 0 aliphatic carbocycles. The van der Waals surface area contributed by atoms with Crippen molar-refractivity contribution < 1.29 is 4.79 Å². The van der Waals surface area contributed by atoms with E-state index in [1.807, 2.05) is 34.9 Å². The van der Waals surface area contributed by atoms with Crippen molar-refractivity contribution in [1.82, 2.24) is 10.6 Å². The number of aliphatic imine (C=N–C) groups is 1. The van der Waals surface area contributed by atoms with Crippen LogP contribution in [0.2, 0.25) is 0 Å². The van der Waals surface area contributed by atoms with E-state index in [0.29, 0.717) is 12.5 Å². The second-order valence-corrected chi connectivity index (χ2v) is 7.73. The largest absolute Gasteiger partial charge is 0.356 e. The lowest BCUT2D eigenvalue weighted by Gasteiger charge is -2.24. The molecule has 0 bridgehead atoms. The van der Waals surface area contributed by atoms with E-state index >= 15 is 0 Å². The number of benzene rings is 1. The zero-order valence-corrected chi connectivity index (χ0v) is 15.8. The van der Waals surface area contributed by atoms with Crippen molar-refractivity contribution in [1.29, 1.82) is 0 Å². The van der Waals surface area contributed by atoms with Crippen molar-refractivity contribution >= 4 is 29.3 Å². The second kappa shape index (κ2) is 9.13. The summed E-state index contributed by atoms with van der Waals surface area (Å²) in [6, 6.07) is 8.72. The van der Waals surface area contributed by atoms with Crippen LogP contribution < -0.4 is 15.5 Å². The SMILES string of the molecule is CN=C(NCCCC(=O)N1CCc2ccccc21)NC1CCCSC1. The Labute approximate surface area is 154 Å². The molecule has 1 aromatic carbocycles. The van der Waals surface area contributed by atoms with E-state index in [1.54, 1.807) is 7.05 Å².